The van der Waals surface area contributed by atoms with E-state index in [4.69, 9.17) is 0 Å². The van der Waals surface area contributed by atoms with Gasteiger partial charge in [0.05, 0.1) is 18.3 Å². The van der Waals surface area contributed by atoms with Gasteiger partial charge >= 0.3 is 0 Å². The van der Waals surface area contributed by atoms with Crippen LogP contribution >= 0.6 is 0 Å². The Labute approximate surface area is 94.3 Å². The molecule has 0 atom stereocenters. The molecule has 1 aromatic heterocycles. The minimum absolute atomic E-state index is 0.574. The van der Waals surface area contributed by atoms with Gasteiger partial charge < -0.3 is 5.11 Å². The molecule has 1 N–H and O–H groups in total. The van der Waals surface area contributed by atoms with Crippen LogP contribution in [0.25, 0.3) is 0 Å². The van der Waals surface area contributed by atoms with Crippen LogP contribution in [-0.4, -0.2) is 14.9 Å². The zero-order valence-corrected chi connectivity index (χ0v) is 9.00. The normalized spacial score (nSPS) is 17.3. The van der Waals surface area contributed by atoms with E-state index in [1.807, 2.05) is 29.1 Å². The topological polar surface area (TPSA) is 38.1 Å². The van der Waals surface area contributed by atoms with Gasteiger partial charge in [0.25, 0.3) is 0 Å². The second kappa shape index (κ2) is 3.46. The summed E-state index contributed by atoms with van der Waals surface area (Å²) in [6, 6.07) is 10.2. The van der Waals surface area contributed by atoms with Gasteiger partial charge in [0.2, 0.25) is 0 Å². The summed E-state index contributed by atoms with van der Waals surface area (Å²) in [4.78, 5) is 0. The molecule has 1 fully saturated rings. The monoisotopic (exact) mass is 214 g/mol. The van der Waals surface area contributed by atoms with Crippen molar-refractivity contribution in [3.05, 3.63) is 53.9 Å². The molecule has 0 amide bonds. The average Bonchev–Trinajstić information content (AvgIpc) is 2.88. The molecular formula is C13H14N2O. The van der Waals surface area contributed by atoms with E-state index in [1.165, 1.54) is 5.56 Å². The molecule has 1 saturated carbocycles. The van der Waals surface area contributed by atoms with Crippen molar-refractivity contribution in [3.8, 4) is 0 Å². The first-order valence-electron chi connectivity index (χ1n) is 5.55. The molecule has 1 aliphatic carbocycles. The van der Waals surface area contributed by atoms with Gasteiger partial charge in [-0.05, 0) is 18.4 Å². The number of aliphatic hydroxyl groups is 1. The predicted octanol–water partition coefficient (Wildman–Crippen LogP) is 1.91. The minimum atomic E-state index is -0.574. The fourth-order valence-electron chi connectivity index (χ4n) is 1.87. The van der Waals surface area contributed by atoms with Crippen molar-refractivity contribution in [2.45, 2.75) is 25.0 Å². The third kappa shape index (κ3) is 1.74. The van der Waals surface area contributed by atoms with Gasteiger partial charge in [-0.15, -0.1) is 0 Å². The number of nitrogens with zero attached hydrogens (tertiary/aromatic N) is 2. The summed E-state index contributed by atoms with van der Waals surface area (Å²) in [5, 5.41) is 14.2. The van der Waals surface area contributed by atoms with Crippen LogP contribution in [0.3, 0.4) is 0 Å². The Kier molecular flexibility index (Phi) is 2.07. The second-order valence-electron chi connectivity index (χ2n) is 4.44. The summed E-state index contributed by atoms with van der Waals surface area (Å²) in [6.07, 6.45) is 5.45. The Hall–Kier alpha value is -1.61. The van der Waals surface area contributed by atoms with Crippen LogP contribution in [0.1, 0.15) is 24.0 Å². The van der Waals surface area contributed by atoms with Gasteiger partial charge in [-0.25, -0.2) is 0 Å². The van der Waals surface area contributed by atoms with Crippen LogP contribution in [0.5, 0.6) is 0 Å². The van der Waals surface area contributed by atoms with Gasteiger partial charge in [-0.2, -0.15) is 5.10 Å². The standard InChI is InChI=1S/C13H14N2O/c16-13(6-7-13)12-8-14-15(10-12)9-11-4-2-1-3-5-11/h1-5,8,10,16H,6-7,9H2. The Morgan fingerprint density at radius 3 is 2.69 bits per heavy atom. The zero-order chi connectivity index (χ0) is 11.0. The first-order valence-corrected chi connectivity index (χ1v) is 5.55. The van der Waals surface area contributed by atoms with Crippen LogP contribution in [0, 0.1) is 0 Å². The van der Waals surface area contributed by atoms with E-state index in [0.29, 0.717) is 0 Å². The maximum Gasteiger partial charge on any atom is 0.0929 e. The minimum Gasteiger partial charge on any atom is -0.385 e. The molecule has 0 unspecified atom stereocenters. The predicted molar refractivity (Wildman–Crippen MR) is 60.9 cm³/mol. The van der Waals surface area contributed by atoms with Crippen LogP contribution in [0.4, 0.5) is 0 Å². The van der Waals surface area contributed by atoms with Crippen LogP contribution in [0.15, 0.2) is 42.7 Å². The number of hydrogen-bond acceptors (Lipinski definition) is 2. The Morgan fingerprint density at radius 2 is 2.00 bits per heavy atom. The average molecular weight is 214 g/mol. The lowest BCUT2D eigenvalue weighted by Crippen LogP contribution is -2.03. The molecule has 0 bridgehead atoms. The van der Waals surface area contributed by atoms with Crippen LogP contribution in [0.2, 0.25) is 0 Å². The summed E-state index contributed by atoms with van der Waals surface area (Å²) in [7, 11) is 0. The first-order chi connectivity index (χ1) is 7.76. The number of benzene rings is 1. The van der Waals surface area contributed by atoms with Crippen LogP contribution in [-0.2, 0) is 12.1 Å². The molecule has 0 radical (unpaired) electrons. The highest BCUT2D eigenvalue weighted by Crippen LogP contribution is 2.44. The molecule has 82 valence electrons. The number of hydrogen-bond donors (Lipinski definition) is 1. The number of aromatic nitrogens is 2. The third-order valence-corrected chi connectivity index (χ3v) is 3.08. The fraction of sp³-hybridized carbons (Fsp3) is 0.308. The quantitative estimate of drug-likeness (QED) is 0.847. The molecule has 0 spiro atoms. The lowest BCUT2D eigenvalue weighted by atomic mass is 10.2. The molecule has 3 rings (SSSR count). The van der Waals surface area contributed by atoms with E-state index in [0.717, 1.165) is 24.9 Å². The van der Waals surface area contributed by atoms with E-state index < -0.39 is 5.60 Å². The van der Waals surface area contributed by atoms with Crippen molar-refractivity contribution in [1.29, 1.82) is 0 Å². The zero-order valence-electron chi connectivity index (χ0n) is 9.00. The van der Waals surface area contributed by atoms with E-state index in [2.05, 4.69) is 17.2 Å². The molecular weight excluding hydrogens is 200 g/mol. The molecule has 0 saturated heterocycles. The van der Waals surface area contributed by atoms with Crippen molar-refractivity contribution >= 4 is 0 Å². The Balaban J connectivity index is 1.78. The molecule has 3 nitrogen and oxygen atoms in total. The summed E-state index contributed by atoms with van der Waals surface area (Å²) in [5.74, 6) is 0. The van der Waals surface area contributed by atoms with Gasteiger partial charge in [-0.3, -0.25) is 4.68 Å². The van der Waals surface area contributed by atoms with Crippen molar-refractivity contribution in [2.75, 3.05) is 0 Å². The molecule has 1 aliphatic rings. The Bertz CT molecular complexity index is 486. The van der Waals surface area contributed by atoms with E-state index >= 15 is 0 Å². The highest BCUT2D eigenvalue weighted by atomic mass is 16.3. The summed E-state index contributed by atoms with van der Waals surface area (Å²) >= 11 is 0. The summed E-state index contributed by atoms with van der Waals surface area (Å²) in [5.41, 5.74) is 1.60. The highest BCUT2D eigenvalue weighted by molar-refractivity contribution is 5.22. The molecule has 16 heavy (non-hydrogen) atoms. The smallest absolute Gasteiger partial charge is 0.0929 e. The first kappa shape index (κ1) is 9.60. The van der Waals surface area contributed by atoms with Crippen LogP contribution < -0.4 is 0 Å². The van der Waals surface area contributed by atoms with Gasteiger partial charge in [0.15, 0.2) is 0 Å². The lowest BCUT2D eigenvalue weighted by molar-refractivity contribution is 0.151. The van der Waals surface area contributed by atoms with Crippen molar-refractivity contribution in [1.82, 2.24) is 9.78 Å². The maximum atomic E-state index is 9.93. The SMILES string of the molecule is OC1(c2cnn(Cc3ccccc3)c2)CC1. The summed E-state index contributed by atoms with van der Waals surface area (Å²) in [6.45, 7) is 0.761. The van der Waals surface area contributed by atoms with E-state index in [9.17, 15) is 5.11 Å². The van der Waals surface area contributed by atoms with Crippen molar-refractivity contribution in [3.63, 3.8) is 0 Å². The van der Waals surface area contributed by atoms with E-state index in [1.54, 1.807) is 6.20 Å². The lowest BCUT2D eigenvalue weighted by Gasteiger charge is -2.03. The fourth-order valence-corrected chi connectivity index (χ4v) is 1.87. The van der Waals surface area contributed by atoms with Gasteiger partial charge in [0, 0.05) is 11.8 Å². The number of rotatable bonds is 3. The van der Waals surface area contributed by atoms with E-state index in [-0.39, 0.29) is 0 Å². The van der Waals surface area contributed by atoms with Crippen molar-refractivity contribution < 1.29 is 5.11 Å². The Morgan fingerprint density at radius 1 is 1.25 bits per heavy atom. The molecule has 1 aromatic carbocycles. The third-order valence-electron chi connectivity index (χ3n) is 3.08. The highest BCUT2D eigenvalue weighted by Gasteiger charge is 2.43. The molecule has 2 aromatic rings. The van der Waals surface area contributed by atoms with Gasteiger partial charge in [0.1, 0.15) is 0 Å². The molecule has 1 heterocycles. The molecule has 3 heteroatoms. The molecule has 0 aliphatic heterocycles. The maximum absolute atomic E-state index is 9.93. The summed E-state index contributed by atoms with van der Waals surface area (Å²) < 4.78 is 1.88. The second-order valence-corrected chi connectivity index (χ2v) is 4.44. The van der Waals surface area contributed by atoms with Gasteiger partial charge in [-0.1, -0.05) is 30.3 Å². The largest absolute Gasteiger partial charge is 0.385 e. The van der Waals surface area contributed by atoms with Crippen molar-refractivity contribution in [2.24, 2.45) is 0 Å².